The van der Waals surface area contributed by atoms with Crippen LogP contribution in [0.3, 0.4) is 0 Å². The molecule has 0 aliphatic carbocycles. The third-order valence-electron chi connectivity index (χ3n) is 3.46. The SMILES string of the molecule is Nc1ncc(-c2cc(=O)cc[nH]2)nc1-c1nc2ccccc2[nH]1. The number of para-hydroxylation sites is 2. The van der Waals surface area contributed by atoms with Crippen LogP contribution in [0.2, 0.25) is 0 Å². The van der Waals surface area contributed by atoms with Gasteiger partial charge in [0.1, 0.15) is 11.4 Å². The van der Waals surface area contributed by atoms with Crippen molar-refractivity contribution in [1.82, 2.24) is 24.9 Å². The molecule has 0 unspecified atom stereocenters. The van der Waals surface area contributed by atoms with Crippen LogP contribution in [0.1, 0.15) is 0 Å². The van der Waals surface area contributed by atoms with Gasteiger partial charge in [-0.3, -0.25) is 4.79 Å². The van der Waals surface area contributed by atoms with Crippen LogP contribution in [0.15, 0.2) is 53.6 Å². The zero-order valence-corrected chi connectivity index (χ0v) is 11.9. The van der Waals surface area contributed by atoms with E-state index in [0.717, 1.165) is 11.0 Å². The third kappa shape index (κ3) is 2.34. The molecule has 0 spiro atoms. The fraction of sp³-hybridized carbons (Fsp3) is 0. The number of anilines is 1. The number of nitrogens with zero attached hydrogens (tertiary/aromatic N) is 3. The highest BCUT2D eigenvalue weighted by Gasteiger charge is 2.13. The zero-order valence-electron chi connectivity index (χ0n) is 11.9. The van der Waals surface area contributed by atoms with Crippen molar-refractivity contribution in [2.75, 3.05) is 5.73 Å². The summed E-state index contributed by atoms with van der Waals surface area (Å²) in [5, 5.41) is 0. The number of aromatic amines is 2. The predicted octanol–water partition coefficient (Wildman–Crippen LogP) is 1.96. The molecule has 7 heteroatoms. The summed E-state index contributed by atoms with van der Waals surface area (Å²) >= 11 is 0. The van der Waals surface area contributed by atoms with E-state index in [1.165, 1.54) is 18.3 Å². The standard InChI is InChI=1S/C16H12N6O/c17-15-14(16-21-10-3-1-2-4-11(10)22-16)20-13(8-19-15)12-7-9(23)5-6-18-12/h1-8H,(H2,17,19)(H,18,23)(H,21,22). The molecule has 112 valence electrons. The Bertz CT molecular complexity index is 1030. The maximum Gasteiger partial charge on any atom is 0.182 e. The Hall–Kier alpha value is -3.48. The van der Waals surface area contributed by atoms with E-state index in [-0.39, 0.29) is 11.2 Å². The Balaban J connectivity index is 1.88. The molecule has 4 rings (SSSR count). The van der Waals surface area contributed by atoms with Gasteiger partial charge in [-0.25, -0.2) is 15.0 Å². The van der Waals surface area contributed by atoms with E-state index in [0.29, 0.717) is 22.9 Å². The predicted molar refractivity (Wildman–Crippen MR) is 87.6 cm³/mol. The molecule has 0 radical (unpaired) electrons. The summed E-state index contributed by atoms with van der Waals surface area (Å²) in [7, 11) is 0. The van der Waals surface area contributed by atoms with E-state index in [9.17, 15) is 4.79 Å². The Kier molecular flexibility index (Phi) is 2.90. The number of fused-ring (bicyclic) bond motifs is 1. The Labute approximate surface area is 130 Å². The van der Waals surface area contributed by atoms with Crippen molar-refractivity contribution in [3.63, 3.8) is 0 Å². The summed E-state index contributed by atoms with van der Waals surface area (Å²) in [5.41, 5.74) is 9.09. The van der Waals surface area contributed by atoms with Gasteiger partial charge >= 0.3 is 0 Å². The van der Waals surface area contributed by atoms with Gasteiger partial charge in [0, 0.05) is 18.3 Å². The second kappa shape index (κ2) is 5.06. The molecule has 3 aromatic heterocycles. The number of aromatic nitrogens is 5. The van der Waals surface area contributed by atoms with Gasteiger partial charge < -0.3 is 15.7 Å². The maximum atomic E-state index is 11.5. The van der Waals surface area contributed by atoms with Crippen molar-refractivity contribution in [3.05, 3.63) is 59.0 Å². The number of hydrogen-bond donors (Lipinski definition) is 3. The summed E-state index contributed by atoms with van der Waals surface area (Å²) in [6.07, 6.45) is 3.09. The molecule has 0 aliphatic rings. The van der Waals surface area contributed by atoms with Crippen molar-refractivity contribution in [3.8, 4) is 22.9 Å². The number of nitrogens with one attached hydrogen (secondary N) is 2. The summed E-state index contributed by atoms with van der Waals surface area (Å²) in [6, 6.07) is 10.6. The van der Waals surface area contributed by atoms with Gasteiger partial charge in [0.25, 0.3) is 0 Å². The van der Waals surface area contributed by atoms with E-state index in [1.807, 2.05) is 24.3 Å². The largest absolute Gasteiger partial charge is 0.382 e. The summed E-state index contributed by atoms with van der Waals surface area (Å²) in [5.74, 6) is 0.808. The lowest BCUT2D eigenvalue weighted by Crippen LogP contribution is -2.03. The first-order chi connectivity index (χ1) is 11.2. The minimum Gasteiger partial charge on any atom is -0.382 e. The Morgan fingerprint density at radius 3 is 2.78 bits per heavy atom. The first-order valence-electron chi connectivity index (χ1n) is 6.97. The van der Waals surface area contributed by atoms with E-state index < -0.39 is 0 Å². The van der Waals surface area contributed by atoms with Crippen molar-refractivity contribution in [2.45, 2.75) is 0 Å². The van der Waals surface area contributed by atoms with Crippen LogP contribution in [0.4, 0.5) is 5.82 Å². The zero-order chi connectivity index (χ0) is 15.8. The van der Waals surface area contributed by atoms with E-state index in [2.05, 4.69) is 24.9 Å². The van der Waals surface area contributed by atoms with E-state index in [4.69, 9.17) is 5.73 Å². The van der Waals surface area contributed by atoms with Crippen molar-refractivity contribution < 1.29 is 0 Å². The molecule has 4 aromatic rings. The molecule has 1 aromatic carbocycles. The number of imidazole rings is 1. The number of rotatable bonds is 2. The fourth-order valence-corrected chi connectivity index (χ4v) is 2.36. The van der Waals surface area contributed by atoms with Crippen LogP contribution in [-0.2, 0) is 0 Å². The van der Waals surface area contributed by atoms with Crippen LogP contribution in [-0.4, -0.2) is 24.9 Å². The molecule has 0 aliphatic heterocycles. The van der Waals surface area contributed by atoms with Gasteiger partial charge in [-0.2, -0.15) is 0 Å². The number of nitrogen functional groups attached to an aromatic ring is 1. The molecular weight excluding hydrogens is 292 g/mol. The lowest BCUT2D eigenvalue weighted by atomic mass is 10.2. The average Bonchev–Trinajstić information content (AvgIpc) is 2.99. The topological polar surface area (TPSA) is 113 Å². The normalized spacial score (nSPS) is 11.0. The van der Waals surface area contributed by atoms with Crippen LogP contribution >= 0.6 is 0 Å². The first-order valence-corrected chi connectivity index (χ1v) is 6.97. The molecule has 0 amide bonds. The molecule has 0 bridgehead atoms. The smallest absolute Gasteiger partial charge is 0.182 e. The minimum atomic E-state index is -0.109. The van der Waals surface area contributed by atoms with Crippen molar-refractivity contribution >= 4 is 16.9 Å². The lowest BCUT2D eigenvalue weighted by Gasteiger charge is -2.05. The average molecular weight is 304 g/mol. The highest BCUT2D eigenvalue weighted by molar-refractivity contribution is 5.80. The number of nitrogens with two attached hydrogens (primary N) is 1. The molecule has 23 heavy (non-hydrogen) atoms. The molecule has 7 nitrogen and oxygen atoms in total. The second-order valence-electron chi connectivity index (χ2n) is 5.03. The van der Waals surface area contributed by atoms with E-state index >= 15 is 0 Å². The number of pyridine rings is 1. The number of benzene rings is 1. The highest BCUT2D eigenvalue weighted by Crippen LogP contribution is 2.24. The van der Waals surface area contributed by atoms with E-state index in [1.54, 1.807) is 6.20 Å². The van der Waals surface area contributed by atoms with Crippen LogP contribution in [0.25, 0.3) is 33.9 Å². The van der Waals surface area contributed by atoms with Gasteiger partial charge in [0.05, 0.1) is 22.9 Å². The van der Waals surface area contributed by atoms with Gasteiger partial charge in [-0.05, 0) is 12.1 Å². The fourth-order valence-electron chi connectivity index (χ4n) is 2.36. The van der Waals surface area contributed by atoms with Crippen LogP contribution in [0.5, 0.6) is 0 Å². The van der Waals surface area contributed by atoms with Crippen molar-refractivity contribution in [2.24, 2.45) is 0 Å². The Morgan fingerprint density at radius 1 is 1.09 bits per heavy atom. The highest BCUT2D eigenvalue weighted by atomic mass is 16.1. The molecule has 0 fully saturated rings. The Morgan fingerprint density at radius 2 is 1.96 bits per heavy atom. The van der Waals surface area contributed by atoms with Gasteiger partial charge in [-0.1, -0.05) is 12.1 Å². The molecule has 0 atom stereocenters. The number of H-pyrrole nitrogens is 2. The van der Waals surface area contributed by atoms with Gasteiger partial charge in [0.15, 0.2) is 17.1 Å². The van der Waals surface area contributed by atoms with Gasteiger partial charge in [-0.15, -0.1) is 0 Å². The number of hydrogen-bond acceptors (Lipinski definition) is 5. The summed E-state index contributed by atoms with van der Waals surface area (Å²) in [4.78, 5) is 30.8. The monoisotopic (exact) mass is 304 g/mol. The molecular formula is C16H12N6O. The van der Waals surface area contributed by atoms with Crippen LogP contribution < -0.4 is 11.2 Å². The molecule has 3 heterocycles. The second-order valence-corrected chi connectivity index (χ2v) is 5.03. The minimum absolute atomic E-state index is 0.109. The quantitative estimate of drug-likeness (QED) is 0.524. The maximum absolute atomic E-state index is 11.5. The van der Waals surface area contributed by atoms with Gasteiger partial charge in [0.2, 0.25) is 0 Å². The van der Waals surface area contributed by atoms with Crippen LogP contribution in [0, 0.1) is 0 Å². The molecule has 4 N–H and O–H groups in total. The summed E-state index contributed by atoms with van der Waals surface area (Å²) in [6.45, 7) is 0. The summed E-state index contributed by atoms with van der Waals surface area (Å²) < 4.78 is 0. The molecule has 0 saturated carbocycles. The first kappa shape index (κ1) is 13.2. The lowest BCUT2D eigenvalue weighted by molar-refractivity contribution is 1.15. The third-order valence-corrected chi connectivity index (χ3v) is 3.46. The van der Waals surface area contributed by atoms with Crippen molar-refractivity contribution in [1.29, 1.82) is 0 Å². The molecule has 0 saturated heterocycles.